The third-order valence-electron chi connectivity index (χ3n) is 4.56. The van der Waals surface area contributed by atoms with E-state index >= 15 is 0 Å². The maximum Gasteiger partial charge on any atom is 0.236 e. The Labute approximate surface area is 120 Å². The highest BCUT2D eigenvalue weighted by Gasteiger charge is 2.32. The predicted octanol–water partition coefficient (Wildman–Crippen LogP) is 1.60. The van der Waals surface area contributed by atoms with Gasteiger partial charge in [-0.2, -0.15) is 5.10 Å². The Hall–Kier alpha value is -1.36. The van der Waals surface area contributed by atoms with E-state index in [9.17, 15) is 4.79 Å². The SMILES string of the molecule is CCN(C(=O)CN1CCC(c2ccn[nH]2)CC1)C1CC1. The lowest BCUT2D eigenvalue weighted by atomic mass is 9.94. The molecule has 2 fully saturated rings. The van der Waals surface area contributed by atoms with Crippen LogP contribution >= 0.6 is 0 Å². The molecule has 0 spiro atoms. The van der Waals surface area contributed by atoms with Gasteiger partial charge in [0.25, 0.3) is 0 Å². The highest BCUT2D eigenvalue weighted by Crippen LogP contribution is 2.28. The lowest BCUT2D eigenvalue weighted by Gasteiger charge is -2.32. The zero-order chi connectivity index (χ0) is 13.9. The second kappa shape index (κ2) is 5.95. The number of aromatic amines is 1. The van der Waals surface area contributed by atoms with Crippen LogP contribution in [-0.2, 0) is 4.79 Å². The molecule has 5 heteroatoms. The molecule has 0 unspecified atom stereocenters. The third kappa shape index (κ3) is 3.03. The van der Waals surface area contributed by atoms with Crippen LogP contribution < -0.4 is 0 Å². The highest BCUT2D eigenvalue weighted by atomic mass is 16.2. The van der Waals surface area contributed by atoms with Crippen molar-refractivity contribution in [2.24, 2.45) is 0 Å². The average molecular weight is 276 g/mol. The fourth-order valence-electron chi connectivity index (χ4n) is 3.20. The number of nitrogens with zero attached hydrogens (tertiary/aromatic N) is 3. The van der Waals surface area contributed by atoms with Gasteiger partial charge in [0.15, 0.2) is 0 Å². The van der Waals surface area contributed by atoms with Crippen LogP contribution in [0.3, 0.4) is 0 Å². The minimum absolute atomic E-state index is 0.315. The van der Waals surface area contributed by atoms with E-state index in [1.54, 1.807) is 0 Å². The van der Waals surface area contributed by atoms with Gasteiger partial charge in [0.1, 0.15) is 0 Å². The summed E-state index contributed by atoms with van der Waals surface area (Å²) in [6, 6.07) is 2.60. The summed E-state index contributed by atoms with van der Waals surface area (Å²) in [5.41, 5.74) is 1.24. The van der Waals surface area contributed by atoms with Gasteiger partial charge in [0.2, 0.25) is 5.91 Å². The third-order valence-corrected chi connectivity index (χ3v) is 4.56. The molecular formula is C15H24N4O. The fourth-order valence-corrected chi connectivity index (χ4v) is 3.20. The molecule has 3 rings (SSSR count). The number of H-pyrrole nitrogens is 1. The number of piperidine rings is 1. The van der Waals surface area contributed by atoms with Crippen LogP contribution in [0.2, 0.25) is 0 Å². The fraction of sp³-hybridized carbons (Fsp3) is 0.733. The molecule has 0 aromatic carbocycles. The first kappa shape index (κ1) is 13.6. The van der Waals surface area contributed by atoms with Crippen molar-refractivity contribution in [2.75, 3.05) is 26.2 Å². The molecule has 1 aliphatic carbocycles. The van der Waals surface area contributed by atoms with Crippen LogP contribution in [0.1, 0.15) is 44.2 Å². The van der Waals surface area contributed by atoms with E-state index in [2.05, 4.69) is 33.0 Å². The molecule has 0 bridgehead atoms. The van der Waals surface area contributed by atoms with E-state index in [0.29, 0.717) is 24.4 Å². The summed E-state index contributed by atoms with van der Waals surface area (Å²) in [6.45, 7) is 5.56. The maximum atomic E-state index is 12.3. The van der Waals surface area contributed by atoms with E-state index in [0.717, 1.165) is 32.5 Å². The van der Waals surface area contributed by atoms with Crippen molar-refractivity contribution in [3.8, 4) is 0 Å². The van der Waals surface area contributed by atoms with Crippen molar-refractivity contribution >= 4 is 5.91 Å². The van der Waals surface area contributed by atoms with E-state index in [1.165, 1.54) is 18.5 Å². The number of carbonyl (C=O) groups excluding carboxylic acids is 1. The predicted molar refractivity (Wildman–Crippen MR) is 77.4 cm³/mol. The average Bonchev–Trinajstić information content (AvgIpc) is 3.14. The Morgan fingerprint density at radius 1 is 1.40 bits per heavy atom. The first-order valence-electron chi connectivity index (χ1n) is 7.79. The number of aromatic nitrogens is 2. The van der Waals surface area contributed by atoms with Crippen LogP contribution in [0.4, 0.5) is 0 Å². The summed E-state index contributed by atoms with van der Waals surface area (Å²) in [7, 11) is 0. The molecule has 2 aliphatic rings. The van der Waals surface area contributed by atoms with Crippen LogP contribution in [0, 0.1) is 0 Å². The first-order valence-corrected chi connectivity index (χ1v) is 7.79. The summed E-state index contributed by atoms with van der Waals surface area (Å²) >= 11 is 0. The Morgan fingerprint density at radius 3 is 2.70 bits per heavy atom. The van der Waals surface area contributed by atoms with Gasteiger partial charge in [-0.1, -0.05) is 0 Å². The van der Waals surface area contributed by atoms with Crippen molar-refractivity contribution in [3.63, 3.8) is 0 Å². The monoisotopic (exact) mass is 276 g/mol. The van der Waals surface area contributed by atoms with Gasteiger partial charge >= 0.3 is 0 Å². The Kier molecular flexibility index (Phi) is 4.05. The number of nitrogens with one attached hydrogen (secondary N) is 1. The van der Waals surface area contributed by atoms with Crippen LogP contribution in [0.25, 0.3) is 0 Å². The van der Waals surface area contributed by atoms with Gasteiger partial charge in [-0.15, -0.1) is 0 Å². The van der Waals surface area contributed by atoms with E-state index in [4.69, 9.17) is 0 Å². The normalized spacial score (nSPS) is 21.1. The molecule has 1 N–H and O–H groups in total. The zero-order valence-electron chi connectivity index (χ0n) is 12.2. The first-order chi connectivity index (χ1) is 9.78. The van der Waals surface area contributed by atoms with Crippen molar-refractivity contribution in [3.05, 3.63) is 18.0 Å². The van der Waals surface area contributed by atoms with Gasteiger partial charge in [0, 0.05) is 30.4 Å². The number of likely N-dealkylation sites (tertiary alicyclic amines) is 1. The lowest BCUT2D eigenvalue weighted by Crippen LogP contribution is -2.44. The zero-order valence-corrected chi connectivity index (χ0v) is 12.2. The number of likely N-dealkylation sites (N-methyl/N-ethyl adjacent to an activating group) is 1. The standard InChI is InChI=1S/C15H24N4O/c1-2-19(13-3-4-13)15(20)11-18-9-6-12(7-10-18)14-5-8-16-17-14/h5,8,12-13H,2-4,6-7,9-11H2,1H3,(H,16,17). The summed E-state index contributed by atoms with van der Waals surface area (Å²) in [5.74, 6) is 0.893. The topological polar surface area (TPSA) is 52.2 Å². The molecule has 20 heavy (non-hydrogen) atoms. The minimum Gasteiger partial charge on any atom is -0.339 e. The van der Waals surface area contributed by atoms with Crippen LogP contribution in [0.15, 0.2) is 12.3 Å². The summed E-state index contributed by atoms with van der Waals surface area (Å²) in [5, 5.41) is 7.10. The molecule has 110 valence electrons. The highest BCUT2D eigenvalue weighted by molar-refractivity contribution is 5.78. The number of carbonyl (C=O) groups is 1. The molecule has 1 saturated heterocycles. The molecule has 1 saturated carbocycles. The molecule has 5 nitrogen and oxygen atoms in total. The molecular weight excluding hydrogens is 252 g/mol. The van der Waals surface area contributed by atoms with Crippen molar-refractivity contribution < 1.29 is 4.79 Å². The largest absolute Gasteiger partial charge is 0.339 e. The molecule has 1 aliphatic heterocycles. The van der Waals surface area contributed by atoms with Gasteiger partial charge in [0.05, 0.1) is 6.54 Å². The van der Waals surface area contributed by atoms with E-state index in [1.807, 2.05) is 6.20 Å². The van der Waals surface area contributed by atoms with Gasteiger partial charge in [-0.05, 0) is 51.8 Å². The summed E-state index contributed by atoms with van der Waals surface area (Å²) < 4.78 is 0. The van der Waals surface area contributed by atoms with E-state index in [-0.39, 0.29) is 0 Å². The molecule has 1 aromatic rings. The smallest absolute Gasteiger partial charge is 0.236 e. The van der Waals surface area contributed by atoms with Gasteiger partial charge in [-0.25, -0.2) is 0 Å². The Morgan fingerprint density at radius 2 is 2.15 bits per heavy atom. The molecule has 1 amide bonds. The Bertz CT molecular complexity index is 433. The van der Waals surface area contributed by atoms with Crippen LogP contribution in [0.5, 0.6) is 0 Å². The van der Waals surface area contributed by atoms with Gasteiger partial charge < -0.3 is 4.90 Å². The van der Waals surface area contributed by atoms with Crippen molar-refractivity contribution in [1.29, 1.82) is 0 Å². The van der Waals surface area contributed by atoms with Crippen LogP contribution in [-0.4, -0.2) is 58.1 Å². The van der Waals surface area contributed by atoms with Crippen molar-refractivity contribution in [1.82, 2.24) is 20.0 Å². The second-order valence-corrected chi connectivity index (χ2v) is 5.97. The molecule has 1 aromatic heterocycles. The summed E-state index contributed by atoms with van der Waals surface area (Å²) in [6.07, 6.45) is 6.44. The second-order valence-electron chi connectivity index (χ2n) is 5.97. The quantitative estimate of drug-likeness (QED) is 0.888. The number of amides is 1. The van der Waals surface area contributed by atoms with Crippen molar-refractivity contribution in [2.45, 2.75) is 44.6 Å². The summed E-state index contributed by atoms with van der Waals surface area (Å²) in [4.78, 5) is 16.7. The molecule has 0 radical (unpaired) electrons. The van der Waals surface area contributed by atoms with E-state index < -0.39 is 0 Å². The Balaban J connectivity index is 1.47. The van der Waals surface area contributed by atoms with Gasteiger partial charge in [-0.3, -0.25) is 14.8 Å². The lowest BCUT2D eigenvalue weighted by molar-refractivity contribution is -0.133. The molecule has 2 heterocycles. The molecule has 0 atom stereocenters. The number of hydrogen-bond acceptors (Lipinski definition) is 3. The number of hydrogen-bond donors (Lipinski definition) is 1. The number of rotatable bonds is 5. The maximum absolute atomic E-state index is 12.3. The minimum atomic E-state index is 0.315.